The molecule has 0 aliphatic carbocycles. The van der Waals surface area contributed by atoms with Gasteiger partial charge in [-0.3, -0.25) is 0 Å². The van der Waals surface area contributed by atoms with E-state index >= 15 is 0 Å². The van der Waals surface area contributed by atoms with Gasteiger partial charge in [0.1, 0.15) is 4.99 Å². The largest absolute Gasteiger partial charge is 0.395 e. The summed E-state index contributed by atoms with van der Waals surface area (Å²) in [6, 6.07) is 7.97. The van der Waals surface area contributed by atoms with Gasteiger partial charge in [0, 0.05) is 17.6 Å². The van der Waals surface area contributed by atoms with Gasteiger partial charge in [-0.1, -0.05) is 36.5 Å². The van der Waals surface area contributed by atoms with E-state index in [9.17, 15) is 0 Å². The highest BCUT2D eigenvalue weighted by atomic mass is 32.1. The van der Waals surface area contributed by atoms with E-state index in [0.29, 0.717) is 12.5 Å². The monoisotopic (exact) mass is 252 g/mol. The van der Waals surface area contributed by atoms with Crippen molar-refractivity contribution in [3.8, 4) is 0 Å². The lowest BCUT2D eigenvalue weighted by Gasteiger charge is -2.16. The van der Waals surface area contributed by atoms with Gasteiger partial charge in [0.25, 0.3) is 0 Å². The second kappa shape index (κ2) is 6.69. The highest BCUT2D eigenvalue weighted by molar-refractivity contribution is 7.80. The van der Waals surface area contributed by atoms with Crippen molar-refractivity contribution in [1.29, 1.82) is 0 Å². The lowest BCUT2D eigenvalue weighted by molar-refractivity contribution is 0.265. The van der Waals surface area contributed by atoms with Gasteiger partial charge >= 0.3 is 0 Å². The molecule has 0 unspecified atom stereocenters. The van der Waals surface area contributed by atoms with E-state index in [4.69, 9.17) is 23.1 Å². The van der Waals surface area contributed by atoms with Crippen molar-refractivity contribution < 1.29 is 5.11 Å². The number of nitrogens with one attached hydrogen (secondary N) is 1. The van der Waals surface area contributed by atoms with Crippen molar-refractivity contribution in [2.75, 3.05) is 6.61 Å². The molecular formula is C13H20N2OS. The highest BCUT2D eigenvalue weighted by Gasteiger charge is 2.10. The number of rotatable bonds is 5. The number of thiocarbonyl (C=S) groups is 1. The molecule has 1 rings (SSSR count). The van der Waals surface area contributed by atoms with E-state index < -0.39 is 0 Å². The molecule has 1 atom stereocenters. The van der Waals surface area contributed by atoms with Crippen LogP contribution in [0.15, 0.2) is 24.3 Å². The summed E-state index contributed by atoms with van der Waals surface area (Å²) in [4.78, 5) is 0.737. The molecule has 0 aliphatic rings. The molecule has 3 nitrogen and oxygen atoms in total. The molecule has 0 fully saturated rings. The van der Waals surface area contributed by atoms with Crippen LogP contribution in [0.3, 0.4) is 0 Å². The number of nitrogens with two attached hydrogens (primary N) is 1. The Morgan fingerprint density at radius 1 is 1.41 bits per heavy atom. The Kier molecular flexibility index (Phi) is 5.55. The fourth-order valence-corrected chi connectivity index (χ4v) is 2.04. The van der Waals surface area contributed by atoms with E-state index in [1.807, 2.05) is 38.1 Å². The topological polar surface area (TPSA) is 58.3 Å². The molecule has 0 aliphatic heterocycles. The molecule has 0 aromatic heterocycles. The Morgan fingerprint density at radius 2 is 2.06 bits per heavy atom. The Bertz CT molecular complexity index is 379. The average molecular weight is 252 g/mol. The van der Waals surface area contributed by atoms with Crippen molar-refractivity contribution in [2.45, 2.75) is 32.4 Å². The summed E-state index contributed by atoms with van der Waals surface area (Å²) in [5.41, 5.74) is 7.84. The first-order valence-corrected chi connectivity index (χ1v) is 6.20. The second-order valence-corrected chi connectivity index (χ2v) is 4.84. The molecule has 1 aromatic carbocycles. The molecule has 0 saturated carbocycles. The zero-order valence-corrected chi connectivity index (χ0v) is 11.1. The van der Waals surface area contributed by atoms with Crippen LogP contribution in [0.5, 0.6) is 0 Å². The maximum Gasteiger partial charge on any atom is 0.107 e. The number of aliphatic hydroxyl groups is 1. The summed E-state index contributed by atoms with van der Waals surface area (Å²) < 4.78 is 0. The van der Waals surface area contributed by atoms with Crippen LogP contribution < -0.4 is 11.1 Å². The summed E-state index contributed by atoms with van der Waals surface area (Å²) in [7, 11) is 0. The molecule has 4 N–H and O–H groups in total. The molecule has 0 radical (unpaired) electrons. The molecule has 0 amide bonds. The smallest absolute Gasteiger partial charge is 0.107 e. The predicted molar refractivity (Wildman–Crippen MR) is 75.2 cm³/mol. The zero-order valence-electron chi connectivity index (χ0n) is 10.3. The number of benzene rings is 1. The van der Waals surface area contributed by atoms with E-state index in [1.54, 1.807) is 0 Å². The Balaban J connectivity index is 2.87. The van der Waals surface area contributed by atoms with Crippen LogP contribution in [0.25, 0.3) is 0 Å². The van der Waals surface area contributed by atoms with Crippen LogP contribution in [-0.4, -0.2) is 28.8 Å². The third-order valence-corrected chi connectivity index (χ3v) is 2.74. The van der Waals surface area contributed by atoms with Crippen LogP contribution >= 0.6 is 12.2 Å². The molecule has 4 heteroatoms. The third kappa shape index (κ3) is 4.42. The number of hydrogen-bond acceptors (Lipinski definition) is 3. The Morgan fingerprint density at radius 3 is 2.65 bits per heavy atom. The van der Waals surface area contributed by atoms with Gasteiger partial charge in [-0.25, -0.2) is 0 Å². The fraction of sp³-hybridized carbons (Fsp3) is 0.462. The minimum Gasteiger partial charge on any atom is -0.395 e. The molecule has 0 spiro atoms. The summed E-state index contributed by atoms with van der Waals surface area (Å²) in [5.74, 6) is 0. The van der Waals surface area contributed by atoms with Gasteiger partial charge in [0.2, 0.25) is 0 Å². The first-order valence-electron chi connectivity index (χ1n) is 5.79. The van der Waals surface area contributed by atoms with Crippen LogP contribution in [0.4, 0.5) is 0 Å². The standard InChI is InChI=1S/C13H20N2OS/c1-9(2)15-13(17)12-6-4-3-5-10(12)7-11(14)8-16/h3-6,9,11,16H,7-8,14H2,1-2H3,(H,15,17)/t11-/m0/s1. The molecule has 0 bridgehead atoms. The Labute approximate surface area is 108 Å². The molecule has 17 heavy (non-hydrogen) atoms. The van der Waals surface area contributed by atoms with Gasteiger partial charge in [-0.15, -0.1) is 0 Å². The van der Waals surface area contributed by atoms with Crippen molar-refractivity contribution in [1.82, 2.24) is 5.32 Å². The van der Waals surface area contributed by atoms with Crippen LogP contribution in [-0.2, 0) is 6.42 Å². The molecule has 0 heterocycles. The van der Waals surface area contributed by atoms with Gasteiger partial charge in [-0.2, -0.15) is 0 Å². The first kappa shape index (κ1) is 14.1. The lowest BCUT2D eigenvalue weighted by Crippen LogP contribution is -2.32. The number of aliphatic hydroxyl groups excluding tert-OH is 1. The van der Waals surface area contributed by atoms with Crippen molar-refractivity contribution in [2.24, 2.45) is 5.73 Å². The summed E-state index contributed by atoms with van der Waals surface area (Å²) >= 11 is 5.36. The predicted octanol–water partition coefficient (Wildman–Crippen LogP) is 1.22. The minimum atomic E-state index is -0.238. The lowest BCUT2D eigenvalue weighted by atomic mass is 10.0. The first-order chi connectivity index (χ1) is 8.04. The maximum atomic E-state index is 9.00. The fourth-order valence-electron chi connectivity index (χ4n) is 1.61. The van der Waals surface area contributed by atoms with E-state index in [1.165, 1.54) is 0 Å². The summed E-state index contributed by atoms with van der Waals surface area (Å²) in [6.45, 7) is 4.08. The van der Waals surface area contributed by atoms with Gasteiger partial charge < -0.3 is 16.2 Å². The van der Waals surface area contributed by atoms with Crippen molar-refractivity contribution in [3.63, 3.8) is 0 Å². The van der Waals surface area contributed by atoms with Crippen LogP contribution in [0, 0.1) is 0 Å². The second-order valence-electron chi connectivity index (χ2n) is 4.43. The zero-order chi connectivity index (χ0) is 12.8. The molecule has 0 saturated heterocycles. The van der Waals surface area contributed by atoms with Crippen LogP contribution in [0.2, 0.25) is 0 Å². The van der Waals surface area contributed by atoms with E-state index in [2.05, 4.69) is 5.32 Å². The SMILES string of the molecule is CC(C)NC(=S)c1ccccc1C[C@H](N)CO. The van der Waals surface area contributed by atoms with E-state index in [-0.39, 0.29) is 12.6 Å². The normalized spacial score (nSPS) is 12.5. The van der Waals surface area contributed by atoms with Gasteiger partial charge in [0.05, 0.1) is 6.61 Å². The molecule has 94 valence electrons. The molecular weight excluding hydrogens is 232 g/mol. The number of hydrogen-bond donors (Lipinski definition) is 3. The van der Waals surface area contributed by atoms with Crippen LogP contribution in [0.1, 0.15) is 25.0 Å². The van der Waals surface area contributed by atoms with Gasteiger partial charge in [-0.05, 0) is 25.8 Å². The summed E-state index contributed by atoms with van der Waals surface area (Å²) in [5, 5.41) is 12.2. The third-order valence-electron chi connectivity index (χ3n) is 2.40. The maximum absolute atomic E-state index is 9.00. The summed E-state index contributed by atoms with van der Waals surface area (Å²) in [6.07, 6.45) is 0.632. The minimum absolute atomic E-state index is 0.0152. The van der Waals surface area contributed by atoms with Gasteiger partial charge in [0.15, 0.2) is 0 Å². The highest BCUT2D eigenvalue weighted by Crippen LogP contribution is 2.11. The average Bonchev–Trinajstić information content (AvgIpc) is 2.28. The quantitative estimate of drug-likeness (QED) is 0.690. The molecule has 1 aromatic rings. The van der Waals surface area contributed by atoms with Crippen molar-refractivity contribution in [3.05, 3.63) is 35.4 Å². The Hall–Kier alpha value is -0.970. The van der Waals surface area contributed by atoms with E-state index in [0.717, 1.165) is 16.1 Å². The van der Waals surface area contributed by atoms with Crippen molar-refractivity contribution >= 4 is 17.2 Å².